The van der Waals surface area contributed by atoms with Gasteiger partial charge in [-0.3, -0.25) is 20.2 Å². The summed E-state index contributed by atoms with van der Waals surface area (Å²) >= 11 is 2.23. The SMILES string of the molecule is O=C(Nc1nncs1)C(=O)Nc1nncs1. The van der Waals surface area contributed by atoms with Crippen LogP contribution in [0.25, 0.3) is 0 Å². The molecule has 0 aromatic carbocycles. The van der Waals surface area contributed by atoms with Crippen LogP contribution in [0.5, 0.6) is 0 Å². The Morgan fingerprint density at radius 2 is 1.38 bits per heavy atom. The highest BCUT2D eigenvalue weighted by Crippen LogP contribution is 2.09. The number of nitrogens with zero attached hydrogens (tertiary/aromatic N) is 4. The molecule has 0 radical (unpaired) electrons. The van der Waals surface area contributed by atoms with Crippen molar-refractivity contribution >= 4 is 44.8 Å². The van der Waals surface area contributed by atoms with Crippen LogP contribution in [0.3, 0.4) is 0 Å². The van der Waals surface area contributed by atoms with Gasteiger partial charge in [0.15, 0.2) is 0 Å². The van der Waals surface area contributed by atoms with Crippen molar-refractivity contribution in [3.05, 3.63) is 11.0 Å². The van der Waals surface area contributed by atoms with E-state index in [0.717, 1.165) is 22.7 Å². The van der Waals surface area contributed by atoms with E-state index in [2.05, 4.69) is 31.0 Å². The average Bonchev–Trinajstić information content (AvgIpc) is 2.90. The zero-order valence-electron chi connectivity index (χ0n) is 7.58. The van der Waals surface area contributed by atoms with Crippen molar-refractivity contribution < 1.29 is 9.59 Å². The van der Waals surface area contributed by atoms with Crippen LogP contribution in [-0.4, -0.2) is 32.2 Å². The van der Waals surface area contributed by atoms with Gasteiger partial charge in [0, 0.05) is 0 Å². The fourth-order valence-corrected chi connectivity index (χ4v) is 1.64. The van der Waals surface area contributed by atoms with Crippen molar-refractivity contribution in [1.82, 2.24) is 20.4 Å². The van der Waals surface area contributed by atoms with Gasteiger partial charge >= 0.3 is 11.8 Å². The van der Waals surface area contributed by atoms with Crippen LogP contribution in [0, 0.1) is 0 Å². The highest BCUT2D eigenvalue weighted by atomic mass is 32.1. The van der Waals surface area contributed by atoms with Gasteiger partial charge in [-0.1, -0.05) is 22.7 Å². The highest BCUT2D eigenvalue weighted by molar-refractivity contribution is 7.14. The Bertz CT molecular complexity index is 435. The van der Waals surface area contributed by atoms with Gasteiger partial charge < -0.3 is 0 Å². The van der Waals surface area contributed by atoms with Crippen molar-refractivity contribution in [2.24, 2.45) is 0 Å². The number of anilines is 2. The minimum Gasteiger partial charge on any atom is -0.292 e. The van der Waals surface area contributed by atoms with Gasteiger partial charge in [0.1, 0.15) is 11.0 Å². The van der Waals surface area contributed by atoms with Crippen molar-refractivity contribution in [2.75, 3.05) is 10.6 Å². The molecule has 0 spiro atoms. The Kier molecular flexibility index (Phi) is 3.12. The van der Waals surface area contributed by atoms with E-state index in [9.17, 15) is 9.59 Å². The lowest BCUT2D eigenvalue weighted by molar-refractivity contribution is -0.133. The molecule has 2 rings (SSSR count). The van der Waals surface area contributed by atoms with E-state index >= 15 is 0 Å². The van der Waals surface area contributed by atoms with Gasteiger partial charge in [0.05, 0.1) is 0 Å². The van der Waals surface area contributed by atoms with Gasteiger partial charge in [-0.05, 0) is 0 Å². The lowest BCUT2D eigenvalue weighted by atomic mass is 10.5. The molecule has 0 aliphatic carbocycles. The largest absolute Gasteiger partial charge is 0.315 e. The lowest BCUT2D eigenvalue weighted by Crippen LogP contribution is -2.29. The van der Waals surface area contributed by atoms with Crippen LogP contribution in [0.4, 0.5) is 10.3 Å². The van der Waals surface area contributed by atoms with Crippen LogP contribution in [-0.2, 0) is 9.59 Å². The number of hydrogen-bond donors (Lipinski definition) is 2. The summed E-state index contributed by atoms with van der Waals surface area (Å²) in [6.45, 7) is 0. The maximum Gasteiger partial charge on any atom is 0.315 e. The molecule has 2 N–H and O–H groups in total. The number of carbonyl (C=O) groups excluding carboxylic acids is 2. The fraction of sp³-hybridized carbons (Fsp3) is 0. The number of carbonyl (C=O) groups is 2. The molecule has 8 nitrogen and oxygen atoms in total. The molecule has 2 aromatic rings. The number of amides is 2. The lowest BCUT2D eigenvalue weighted by Gasteiger charge is -1.99. The molecule has 16 heavy (non-hydrogen) atoms. The molecule has 0 saturated heterocycles. The molecule has 0 aliphatic heterocycles. The maximum absolute atomic E-state index is 11.3. The molecule has 2 aromatic heterocycles. The number of rotatable bonds is 2. The minimum atomic E-state index is -0.827. The van der Waals surface area contributed by atoms with E-state index in [0.29, 0.717) is 0 Å². The summed E-state index contributed by atoms with van der Waals surface area (Å²) in [5, 5.41) is 19.2. The molecular weight excluding hydrogens is 252 g/mol. The fourth-order valence-electron chi connectivity index (χ4n) is 0.763. The predicted octanol–water partition coefficient (Wildman–Crippen LogP) is -0.0332. The Hall–Kier alpha value is -1.94. The third-order valence-electron chi connectivity index (χ3n) is 1.37. The second-order valence-electron chi connectivity index (χ2n) is 2.40. The van der Waals surface area contributed by atoms with E-state index in [-0.39, 0.29) is 10.3 Å². The number of aromatic nitrogens is 4. The molecule has 0 unspecified atom stereocenters. The summed E-state index contributed by atoms with van der Waals surface area (Å²) in [6.07, 6.45) is 0. The van der Waals surface area contributed by atoms with E-state index < -0.39 is 11.8 Å². The van der Waals surface area contributed by atoms with Gasteiger partial charge in [-0.15, -0.1) is 20.4 Å². The van der Waals surface area contributed by atoms with Gasteiger partial charge in [-0.2, -0.15) is 0 Å². The molecule has 10 heteroatoms. The molecule has 0 fully saturated rings. The van der Waals surface area contributed by atoms with Crippen LogP contribution in [0.15, 0.2) is 11.0 Å². The Morgan fingerprint density at radius 3 is 1.69 bits per heavy atom. The molecule has 0 aliphatic rings. The minimum absolute atomic E-state index is 0.261. The highest BCUT2D eigenvalue weighted by Gasteiger charge is 2.16. The Labute approximate surface area is 96.7 Å². The molecule has 0 bridgehead atoms. The predicted molar refractivity (Wildman–Crippen MR) is 57.1 cm³/mol. The van der Waals surface area contributed by atoms with Crippen molar-refractivity contribution in [3.8, 4) is 0 Å². The summed E-state index contributed by atoms with van der Waals surface area (Å²) < 4.78 is 0. The first-order chi connectivity index (χ1) is 7.75. The monoisotopic (exact) mass is 256 g/mol. The first-order valence-corrected chi connectivity index (χ1v) is 5.66. The number of hydrogen-bond acceptors (Lipinski definition) is 8. The van der Waals surface area contributed by atoms with Crippen molar-refractivity contribution in [2.45, 2.75) is 0 Å². The van der Waals surface area contributed by atoms with Crippen LogP contribution in [0.1, 0.15) is 0 Å². The smallest absolute Gasteiger partial charge is 0.292 e. The third-order valence-corrected chi connectivity index (χ3v) is 2.58. The quantitative estimate of drug-likeness (QED) is 0.730. The topological polar surface area (TPSA) is 110 Å². The normalized spacial score (nSPS) is 9.75. The van der Waals surface area contributed by atoms with Crippen LogP contribution < -0.4 is 10.6 Å². The molecule has 0 atom stereocenters. The number of nitrogens with one attached hydrogen (secondary N) is 2. The summed E-state index contributed by atoms with van der Waals surface area (Å²) in [4.78, 5) is 22.6. The zero-order chi connectivity index (χ0) is 11.4. The molecule has 0 saturated carbocycles. The molecule has 82 valence electrons. The second kappa shape index (κ2) is 4.72. The van der Waals surface area contributed by atoms with E-state index in [4.69, 9.17) is 0 Å². The second-order valence-corrected chi connectivity index (χ2v) is 4.06. The van der Waals surface area contributed by atoms with E-state index in [1.807, 2.05) is 0 Å². The third kappa shape index (κ3) is 2.55. The van der Waals surface area contributed by atoms with Crippen LogP contribution >= 0.6 is 22.7 Å². The molecule has 2 amide bonds. The van der Waals surface area contributed by atoms with Gasteiger partial charge in [0.25, 0.3) is 0 Å². The summed E-state index contributed by atoms with van der Waals surface area (Å²) in [6, 6.07) is 0. The molecule has 2 heterocycles. The molecular formula is C6H4N6O2S2. The Balaban J connectivity index is 1.92. The van der Waals surface area contributed by atoms with E-state index in [1.165, 1.54) is 11.0 Å². The van der Waals surface area contributed by atoms with Gasteiger partial charge in [-0.25, -0.2) is 0 Å². The average molecular weight is 256 g/mol. The zero-order valence-corrected chi connectivity index (χ0v) is 9.21. The summed E-state index contributed by atoms with van der Waals surface area (Å²) in [5.41, 5.74) is 2.89. The van der Waals surface area contributed by atoms with Crippen LogP contribution in [0.2, 0.25) is 0 Å². The summed E-state index contributed by atoms with van der Waals surface area (Å²) in [7, 11) is 0. The van der Waals surface area contributed by atoms with E-state index in [1.54, 1.807) is 0 Å². The van der Waals surface area contributed by atoms with Gasteiger partial charge in [0.2, 0.25) is 10.3 Å². The summed E-state index contributed by atoms with van der Waals surface area (Å²) in [5.74, 6) is -1.65. The maximum atomic E-state index is 11.3. The first kappa shape index (κ1) is 10.6. The standard InChI is InChI=1S/C6H4N6O2S2/c13-3(9-5-11-7-1-15-5)4(14)10-6-12-8-2-16-6/h1-2H,(H,9,11,13)(H,10,12,14). The van der Waals surface area contributed by atoms with Crippen molar-refractivity contribution in [3.63, 3.8) is 0 Å². The first-order valence-electron chi connectivity index (χ1n) is 3.90. The van der Waals surface area contributed by atoms with Crippen molar-refractivity contribution in [1.29, 1.82) is 0 Å². The Morgan fingerprint density at radius 1 is 0.938 bits per heavy atom.